The van der Waals surface area contributed by atoms with E-state index in [4.69, 9.17) is 0 Å². The zero-order valence-corrected chi connectivity index (χ0v) is 16.8. The van der Waals surface area contributed by atoms with Crippen LogP contribution in [0.15, 0.2) is 48.7 Å². The van der Waals surface area contributed by atoms with Gasteiger partial charge in [0.1, 0.15) is 11.9 Å². The Hall–Kier alpha value is -3.81. The minimum Gasteiger partial charge on any atom is -0.322 e. The van der Waals surface area contributed by atoms with Crippen LogP contribution in [0.3, 0.4) is 0 Å². The lowest BCUT2D eigenvalue weighted by Crippen LogP contribution is -2.52. The minimum absolute atomic E-state index is 0.207. The summed E-state index contributed by atoms with van der Waals surface area (Å²) in [6, 6.07) is 11.1. The van der Waals surface area contributed by atoms with Crippen molar-refractivity contribution in [2.75, 3.05) is 0 Å². The second kappa shape index (κ2) is 7.16. The standard InChI is InChI=1S/C23H19FN4O3/c1-27-21(13-2-5-16(24)6-3-13)18(11-25-27)14-4-7-17-15(10-14)12-28(23(17)31)19-8-9-20(29)26-22(19)30/h2-7,10-11,19H,8-9,12H2,1H3,(H,26,29,30). The van der Waals surface area contributed by atoms with Gasteiger partial charge >= 0.3 is 0 Å². The maximum Gasteiger partial charge on any atom is 0.255 e. The third-order valence-electron chi connectivity index (χ3n) is 5.89. The fourth-order valence-corrected chi connectivity index (χ4v) is 4.34. The molecule has 2 aliphatic rings. The van der Waals surface area contributed by atoms with Crippen LogP contribution in [0.25, 0.3) is 22.4 Å². The third-order valence-corrected chi connectivity index (χ3v) is 5.89. The van der Waals surface area contributed by atoms with Gasteiger partial charge in [0.15, 0.2) is 0 Å². The van der Waals surface area contributed by atoms with E-state index in [0.717, 1.165) is 27.9 Å². The van der Waals surface area contributed by atoms with Gasteiger partial charge in [0.25, 0.3) is 5.91 Å². The Morgan fingerprint density at radius 1 is 1.03 bits per heavy atom. The fourth-order valence-electron chi connectivity index (χ4n) is 4.34. The van der Waals surface area contributed by atoms with E-state index in [0.29, 0.717) is 18.5 Å². The SMILES string of the molecule is Cn1ncc(-c2ccc3c(c2)CN(C2CCC(=O)NC2=O)C3=O)c1-c1ccc(F)cc1. The summed E-state index contributed by atoms with van der Waals surface area (Å²) in [6.07, 6.45) is 2.29. The topological polar surface area (TPSA) is 84.3 Å². The molecule has 1 aromatic heterocycles. The number of amides is 3. The highest BCUT2D eigenvalue weighted by Gasteiger charge is 2.39. The molecule has 8 heteroatoms. The number of fused-ring (bicyclic) bond motifs is 1. The Balaban J connectivity index is 1.49. The number of carbonyl (C=O) groups excluding carboxylic acids is 3. The van der Waals surface area contributed by atoms with Crippen LogP contribution in [0.1, 0.15) is 28.8 Å². The molecule has 0 spiro atoms. The summed E-state index contributed by atoms with van der Waals surface area (Å²) >= 11 is 0. The van der Waals surface area contributed by atoms with Crippen LogP contribution >= 0.6 is 0 Å². The van der Waals surface area contributed by atoms with E-state index in [1.807, 2.05) is 19.2 Å². The zero-order chi connectivity index (χ0) is 21.7. The predicted molar refractivity (Wildman–Crippen MR) is 110 cm³/mol. The molecule has 31 heavy (non-hydrogen) atoms. The van der Waals surface area contributed by atoms with E-state index in [1.54, 1.807) is 29.1 Å². The maximum atomic E-state index is 13.4. The van der Waals surface area contributed by atoms with Gasteiger partial charge < -0.3 is 4.90 Å². The molecule has 3 aromatic rings. The molecule has 1 fully saturated rings. The monoisotopic (exact) mass is 418 g/mol. The molecule has 3 amide bonds. The average Bonchev–Trinajstić information content (AvgIpc) is 3.28. The van der Waals surface area contributed by atoms with Gasteiger partial charge in [-0.1, -0.05) is 6.07 Å². The molecule has 7 nitrogen and oxygen atoms in total. The Morgan fingerprint density at radius 3 is 2.52 bits per heavy atom. The molecular formula is C23H19FN4O3. The zero-order valence-electron chi connectivity index (χ0n) is 16.8. The second-order valence-electron chi connectivity index (χ2n) is 7.81. The number of carbonyl (C=O) groups is 3. The van der Waals surface area contributed by atoms with E-state index in [2.05, 4.69) is 10.4 Å². The van der Waals surface area contributed by atoms with Crippen molar-refractivity contribution in [3.05, 3.63) is 65.6 Å². The predicted octanol–water partition coefficient (Wildman–Crippen LogP) is 2.65. The van der Waals surface area contributed by atoms with Crippen molar-refractivity contribution in [1.29, 1.82) is 0 Å². The van der Waals surface area contributed by atoms with E-state index in [-0.39, 0.29) is 24.1 Å². The van der Waals surface area contributed by atoms with Crippen LogP contribution in [0.2, 0.25) is 0 Å². The molecule has 2 aromatic carbocycles. The molecule has 0 bridgehead atoms. The van der Waals surface area contributed by atoms with Crippen molar-refractivity contribution in [1.82, 2.24) is 20.0 Å². The number of nitrogens with zero attached hydrogens (tertiary/aromatic N) is 3. The van der Waals surface area contributed by atoms with Gasteiger partial charge in [0.05, 0.1) is 11.9 Å². The average molecular weight is 418 g/mol. The molecular weight excluding hydrogens is 399 g/mol. The Labute approximate surface area is 177 Å². The van der Waals surface area contributed by atoms with Crippen molar-refractivity contribution in [3.8, 4) is 22.4 Å². The van der Waals surface area contributed by atoms with Crippen molar-refractivity contribution in [3.63, 3.8) is 0 Å². The third kappa shape index (κ3) is 3.20. The number of rotatable bonds is 3. The molecule has 3 heterocycles. The molecule has 2 aliphatic heterocycles. The summed E-state index contributed by atoms with van der Waals surface area (Å²) in [5, 5.41) is 6.68. The van der Waals surface area contributed by atoms with Gasteiger partial charge in [-0.2, -0.15) is 5.10 Å². The highest BCUT2D eigenvalue weighted by atomic mass is 19.1. The normalized spacial score (nSPS) is 18.3. The molecule has 1 atom stereocenters. The molecule has 1 N–H and O–H groups in total. The van der Waals surface area contributed by atoms with Gasteiger partial charge in [-0.15, -0.1) is 0 Å². The Kier molecular flexibility index (Phi) is 4.43. The first kappa shape index (κ1) is 19.2. The Morgan fingerprint density at radius 2 is 1.77 bits per heavy atom. The van der Waals surface area contributed by atoms with Gasteiger partial charge in [-0.25, -0.2) is 4.39 Å². The first-order valence-corrected chi connectivity index (χ1v) is 9.98. The summed E-state index contributed by atoms with van der Waals surface area (Å²) in [4.78, 5) is 38.1. The highest BCUT2D eigenvalue weighted by Crippen LogP contribution is 2.35. The number of aromatic nitrogens is 2. The summed E-state index contributed by atoms with van der Waals surface area (Å²) in [5.41, 5.74) is 4.79. The smallest absolute Gasteiger partial charge is 0.255 e. The number of aryl methyl sites for hydroxylation is 1. The minimum atomic E-state index is -0.644. The molecule has 1 unspecified atom stereocenters. The number of imide groups is 1. The lowest BCUT2D eigenvalue weighted by molar-refractivity contribution is -0.136. The van der Waals surface area contributed by atoms with Crippen LogP contribution in [0.5, 0.6) is 0 Å². The number of halogens is 1. The van der Waals surface area contributed by atoms with E-state index < -0.39 is 11.9 Å². The van der Waals surface area contributed by atoms with Crippen molar-refractivity contribution >= 4 is 17.7 Å². The first-order valence-electron chi connectivity index (χ1n) is 9.98. The van der Waals surface area contributed by atoms with Gasteiger partial charge in [0, 0.05) is 36.7 Å². The van der Waals surface area contributed by atoms with Gasteiger partial charge in [-0.05, 0) is 53.9 Å². The summed E-state index contributed by atoms with van der Waals surface area (Å²) in [6.45, 7) is 0.306. The van der Waals surface area contributed by atoms with Gasteiger partial charge in [0.2, 0.25) is 11.8 Å². The van der Waals surface area contributed by atoms with Crippen LogP contribution in [0, 0.1) is 5.82 Å². The molecule has 0 radical (unpaired) electrons. The number of benzene rings is 2. The number of hydrogen-bond acceptors (Lipinski definition) is 4. The van der Waals surface area contributed by atoms with Crippen LogP contribution in [0.4, 0.5) is 4.39 Å². The summed E-state index contributed by atoms with van der Waals surface area (Å²) < 4.78 is 15.1. The Bertz CT molecular complexity index is 1230. The van der Waals surface area contributed by atoms with Gasteiger partial charge in [-0.3, -0.25) is 24.4 Å². The van der Waals surface area contributed by atoms with Crippen LogP contribution in [-0.4, -0.2) is 38.4 Å². The number of nitrogens with one attached hydrogen (secondary N) is 1. The maximum absolute atomic E-state index is 13.4. The fraction of sp³-hybridized carbons (Fsp3) is 0.217. The van der Waals surface area contributed by atoms with E-state index in [1.165, 1.54) is 17.0 Å². The quantitative estimate of drug-likeness (QED) is 0.663. The lowest BCUT2D eigenvalue weighted by atomic mass is 9.98. The molecule has 5 rings (SSSR count). The summed E-state index contributed by atoms with van der Waals surface area (Å²) in [5.74, 6) is -1.25. The van der Waals surface area contributed by atoms with Crippen LogP contribution < -0.4 is 5.32 Å². The van der Waals surface area contributed by atoms with Crippen LogP contribution in [-0.2, 0) is 23.2 Å². The largest absolute Gasteiger partial charge is 0.322 e. The second-order valence-corrected chi connectivity index (χ2v) is 7.81. The van der Waals surface area contributed by atoms with Crippen molar-refractivity contribution in [2.24, 2.45) is 7.05 Å². The highest BCUT2D eigenvalue weighted by molar-refractivity contribution is 6.05. The van der Waals surface area contributed by atoms with Crippen molar-refractivity contribution in [2.45, 2.75) is 25.4 Å². The molecule has 0 aliphatic carbocycles. The van der Waals surface area contributed by atoms with Crippen molar-refractivity contribution < 1.29 is 18.8 Å². The van der Waals surface area contributed by atoms with E-state index >= 15 is 0 Å². The molecule has 156 valence electrons. The number of hydrogen-bond donors (Lipinski definition) is 1. The number of piperidine rings is 1. The summed E-state index contributed by atoms with van der Waals surface area (Å²) in [7, 11) is 1.82. The van der Waals surface area contributed by atoms with E-state index in [9.17, 15) is 18.8 Å². The molecule has 0 saturated carbocycles. The lowest BCUT2D eigenvalue weighted by Gasteiger charge is -2.29. The molecule has 1 saturated heterocycles. The first-order chi connectivity index (χ1) is 14.9.